The summed E-state index contributed by atoms with van der Waals surface area (Å²) in [6, 6.07) is 30.1. The van der Waals surface area contributed by atoms with Crippen LogP contribution >= 0.6 is 11.8 Å². The van der Waals surface area contributed by atoms with Crippen molar-refractivity contribution in [2.45, 2.75) is 68.0 Å². The predicted octanol–water partition coefficient (Wildman–Crippen LogP) is 4.80. The van der Waals surface area contributed by atoms with Crippen LogP contribution in [-0.2, 0) is 50.9 Å². The van der Waals surface area contributed by atoms with Crippen LogP contribution in [0.2, 0.25) is 0 Å². The molecule has 0 spiro atoms. The van der Waals surface area contributed by atoms with E-state index >= 15 is 0 Å². The molecular formula is C38H42N6O6S2. The summed E-state index contributed by atoms with van der Waals surface area (Å²) in [6.07, 6.45) is -0.967. The van der Waals surface area contributed by atoms with Gasteiger partial charge in [-0.05, 0) is 58.2 Å². The number of aryl methyl sites for hydroxylation is 2. The number of nitrogens with zero attached hydrogens (tertiary/aromatic N) is 4. The molecule has 6 rings (SSSR count). The Morgan fingerprint density at radius 2 is 1.58 bits per heavy atom. The van der Waals surface area contributed by atoms with E-state index in [9.17, 15) is 18.3 Å². The number of aliphatic hydroxyl groups is 1. The first-order valence-corrected chi connectivity index (χ1v) is 19.4. The summed E-state index contributed by atoms with van der Waals surface area (Å²) < 4.78 is 43.9. The first-order valence-electron chi connectivity index (χ1n) is 16.9. The van der Waals surface area contributed by atoms with Crippen LogP contribution in [0.5, 0.6) is 0 Å². The van der Waals surface area contributed by atoms with Crippen LogP contribution in [-0.4, -0.2) is 57.5 Å². The predicted molar refractivity (Wildman–Crippen MR) is 196 cm³/mol. The molecule has 0 radical (unpaired) electrons. The van der Waals surface area contributed by atoms with Gasteiger partial charge in [0.05, 0.1) is 23.7 Å². The minimum Gasteiger partial charge on any atom is -0.392 e. The molecule has 3 N–H and O–H groups in total. The minimum atomic E-state index is -3.96. The fraction of sp³-hybridized carbons (Fsp3) is 0.316. The van der Waals surface area contributed by atoms with Gasteiger partial charge < -0.3 is 19.9 Å². The van der Waals surface area contributed by atoms with Crippen LogP contribution in [0.1, 0.15) is 52.7 Å². The average molecular weight is 743 g/mol. The van der Waals surface area contributed by atoms with Crippen LogP contribution < -0.4 is 10.0 Å². The number of aliphatic hydroxyl groups excluding tert-OH is 1. The molecule has 1 aliphatic heterocycles. The third-order valence-corrected chi connectivity index (χ3v) is 11.6. The molecule has 1 aromatic heterocycles. The molecule has 5 aromatic rings. The molecule has 5 atom stereocenters. The highest BCUT2D eigenvalue weighted by molar-refractivity contribution is 7.99. The van der Waals surface area contributed by atoms with Gasteiger partial charge in [-0.2, -0.15) is 4.72 Å². The maximum absolute atomic E-state index is 13.5. The quantitative estimate of drug-likeness (QED) is 0.135. The van der Waals surface area contributed by atoms with Gasteiger partial charge in [-0.25, -0.2) is 13.1 Å². The summed E-state index contributed by atoms with van der Waals surface area (Å²) in [6.45, 7) is 4.12. The molecule has 1 amide bonds. The Hall–Kier alpha value is -4.44. The number of hydrogen-bond donors (Lipinski definition) is 3. The highest BCUT2D eigenvalue weighted by atomic mass is 32.2. The second-order valence-corrected chi connectivity index (χ2v) is 15.6. The molecular weight excluding hydrogens is 701 g/mol. The average Bonchev–Trinajstić information content (AvgIpc) is 3.58. The van der Waals surface area contributed by atoms with Gasteiger partial charge in [0.1, 0.15) is 6.04 Å². The maximum Gasteiger partial charge on any atom is 0.241 e. The van der Waals surface area contributed by atoms with Crippen molar-refractivity contribution >= 4 is 27.7 Å². The highest BCUT2D eigenvalue weighted by Crippen LogP contribution is 2.42. The van der Waals surface area contributed by atoms with Gasteiger partial charge in [-0.15, -0.1) is 5.10 Å². The van der Waals surface area contributed by atoms with Crippen molar-refractivity contribution < 1.29 is 27.8 Å². The second-order valence-electron chi connectivity index (χ2n) is 12.9. The lowest BCUT2D eigenvalue weighted by Gasteiger charge is -2.41. The third-order valence-electron chi connectivity index (χ3n) is 9.03. The number of amides is 1. The van der Waals surface area contributed by atoms with E-state index in [1.54, 1.807) is 23.9 Å². The van der Waals surface area contributed by atoms with Gasteiger partial charge in [0.2, 0.25) is 21.1 Å². The van der Waals surface area contributed by atoms with Gasteiger partial charge >= 0.3 is 0 Å². The van der Waals surface area contributed by atoms with Crippen molar-refractivity contribution in [2.24, 2.45) is 13.0 Å². The Kier molecular flexibility index (Phi) is 12.1. The van der Waals surface area contributed by atoms with Crippen molar-refractivity contribution in [3.8, 4) is 0 Å². The van der Waals surface area contributed by atoms with Crippen LogP contribution in [0, 0.1) is 12.8 Å². The Bertz CT molecular complexity index is 2030. The van der Waals surface area contributed by atoms with Gasteiger partial charge in [0, 0.05) is 30.8 Å². The molecule has 1 fully saturated rings. The van der Waals surface area contributed by atoms with Crippen molar-refractivity contribution in [1.82, 2.24) is 30.2 Å². The number of sulfonamides is 1. The van der Waals surface area contributed by atoms with Gasteiger partial charge in [-0.1, -0.05) is 115 Å². The van der Waals surface area contributed by atoms with E-state index in [1.807, 2.05) is 85.8 Å². The number of hydrogen-bond acceptors (Lipinski definition) is 10. The monoisotopic (exact) mass is 742 g/mol. The summed E-state index contributed by atoms with van der Waals surface area (Å²) in [5.74, 6) is 0.152. The molecule has 0 unspecified atom stereocenters. The molecule has 2 heterocycles. The number of thioether (sulfide) groups is 1. The van der Waals surface area contributed by atoms with Crippen molar-refractivity contribution in [3.63, 3.8) is 0 Å². The second kappa shape index (κ2) is 16.9. The zero-order valence-electron chi connectivity index (χ0n) is 29.1. The number of benzene rings is 4. The standard InChI is InChI=1S/C38H42N6O6S2/c1-25-9-19-32(20-10-25)52(47,48)41-33(21-27-7-5-4-6-8-27)36(46)39-22-28-11-17-31(18-12-28)37-49-34(24-51-38-40-42-43-44(38)3)26(2)35(50-37)30-15-13-29(23-45)14-16-30/h4-20,26,33-35,37,41,45H,21-24H2,1-3H3,(H,39,46)/t26-,33+,34+,35+,37+/m0/s1. The molecule has 52 heavy (non-hydrogen) atoms. The fourth-order valence-electron chi connectivity index (χ4n) is 5.93. The molecule has 272 valence electrons. The zero-order valence-corrected chi connectivity index (χ0v) is 30.8. The van der Waals surface area contributed by atoms with Gasteiger partial charge in [0.25, 0.3) is 0 Å². The Morgan fingerprint density at radius 1 is 0.904 bits per heavy atom. The van der Waals surface area contributed by atoms with Crippen LogP contribution in [0.3, 0.4) is 0 Å². The Labute approximate surface area is 308 Å². The normalized spacial score (nSPS) is 19.6. The van der Waals surface area contributed by atoms with Crippen LogP contribution in [0.15, 0.2) is 113 Å². The van der Waals surface area contributed by atoms with E-state index in [0.717, 1.165) is 33.4 Å². The summed E-state index contributed by atoms with van der Waals surface area (Å²) >= 11 is 1.51. The number of carbonyl (C=O) groups excluding carboxylic acids is 1. The molecule has 12 nitrogen and oxygen atoms in total. The molecule has 0 aliphatic carbocycles. The van der Waals surface area contributed by atoms with E-state index in [1.165, 1.54) is 23.9 Å². The number of rotatable bonds is 14. The number of ether oxygens (including phenoxy) is 2. The number of nitrogens with one attached hydrogen (secondary N) is 2. The Morgan fingerprint density at radius 3 is 2.23 bits per heavy atom. The van der Waals surface area contributed by atoms with Crippen LogP contribution in [0.25, 0.3) is 0 Å². The molecule has 1 aliphatic rings. The highest BCUT2D eigenvalue weighted by Gasteiger charge is 2.38. The molecule has 1 saturated heterocycles. The smallest absolute Gasteiger partial charge is 0.241 e. The summed E-state index contributed by atoms with van der Waals surface area (Å²) in [7, 11) is -2.17. The largest absolute Gasteiger partial charge is 0.392 e. The molecule has 14 heteroatoms. The fourth-order valence-corrected chi connectivity index (χ4v) is 8.13. The lowest BCUT2D eigenvalue weighted by Crippen LogP contribution is -2.47. The Balaban J connectivity index is 1.15. The maximum atomic E-state index is 13.5. The summed E-state index contributed by atoms with van der Waals surface area (Å²) in [5, 5.41) is 24.9. The molecule has 4 aromatic carbocycles. The van der Waals surface area contributed by atoms with Crippen LogP contribution in [0.4, 0.5) is 0 Å². The SMILES string of the molecule is Cc1ccc(S(=O)(=O)N[C@H](Cc2ccccc2)C(=O)NCc2ccc([C@@H]3O[C@H](CSc4nnnn4C)[C@H](C)[C@H](c4ccc(CO)cc4)O3)cc2)cc1. The van der Waals surface area contributed by atoms with Crippen molar-refractivity contribution in [1.29, 1.82) is 0 Å². The van der Waals surface area contributed by atoms with Crippen molar-refractivity contribution in [2.75, 3.05) is 5.75 Å². The zero-order chi connectivity index (χ0) is 36.7. The third kappa shape index (κ3) is 9.31. The van der Waals surface area contributed by atoms with Crippen molar-refractivity contribution in [3.05, 3.63) is 137 Å². The number of aromatic nitrogens is 4. The first kappa shape index (κ1) is 37.3. The number of tetrazole rings is 1. The van der Waals surface area contributed by atoms with Gasteiger partial charge in [-0.3, -0.25) is 4.79 Å². The molecule has 0 bridgehead atoms. The first-order chi connectivity index (χ1) is 25.1. The summed E-state index contributed by atoms with van der Waals surface area (Å²) in [4.78, 5) is 13.6. The van der Waals surface area contributed by atoms with E-state index < -0.39 is 28.3 Å². The molecule has 0 saturated carbocycles. The summed E-state index contributed by atoms with van der Waals surface area (Å²) in [5.41, 5.74) is 5.19. The van der Waals surface area contributed by atoms with E-state index in [-0.39, 0.29) is 42.6 Å². The van der Waals surface area contributed by atoms with E-state index in [2.05, 4.69) is 32.5 Å². The van der Waals surface area contributed by atoms with E-state index in [4.69, 9.17) is 9.47 Å². The lowest BCUT2D eigenvalue weighted by molar-refractivity contribution is -0.268. The van der Waals surface area contributed by atoms with Gasteiger partial charge in [0.15, 0.2) is 6.29 Å². The minimum absolute atomic E-state index is 0.00772. The lowest BCUT2D eigenvalue weighted by atomic mass is 9.91. The van der Waals surface area contributed by atoms with E-state index in [0.29, 0.717) is 10.9 Å². The topological polar surface area (TPSA) is 158 Å². The number of carbonyl (C=O) groups is 1.